The second-order valence-electron chi connectivity index (χ2n) is 4.69. The third-order valence-corrected chi connectivity index (χ3v) is 2.95. The van der Waals surface area contributed by atoms with E-state index < -0.39 is 0 Å². The fourth-order valence-electron chi connectivity index (χ4n) is 1.98. The topological polar surface area (TPSA) is 63.2 Å². The maximum absolute atomic E-state index is 11.8. The summed E-state index contributed by atoms with van der Waals surface area (Å²) in [5.41, 5.74) is 2.84. The van der Waals surface area contributed by atoms with Gasteiger partial charge in [-0.15, -0.1) is 0 Å². The molecule has 0 saturated carbocycles. The Morgan fingerprint density at radius 1 is 1.29 bits per heavy atom. The molecule has 2 aromatic rings. The number of nitrogens with one attached hydrogen (secondary N) is 2. The number of pyridine rings is 1. The number of hydrogen-bond donors (Lipinski definition) is 2. The smallest absolute Gasteiger partial charge is 0.238 e. The quantitative estimate of drug-likeness (QED) is 0.853. The van der Waals surface area contributed by atoms with Gasteiger partial charge in [0.25, 0.3) is 0 Å². The molecular formula is C16H19N3O2. The molecule has 1 heterocycles. The van der Waals surface area contributed by atoms with E-state index in [9.17, 15) is 4.79 Å². The van der Waals surface area contributed by atoms with Gasteiger partial charge in [0.15, 0.2) is 0 Å². The number of aromatic nitrogens is 1. The minimum atomic E-state index is -0.0801. The summed E-state index contributed by atoms with van der Waals surface area (Å²) >= 11 is 0. The van der Waals surface area contributed by atoms with Crippen molar-refractivity contribution in [3.63, 3.8) is 0 Å². The standard InChI is InChI=1S/C16H19N3O2/c1-12-5-3-7-14(9-12)19-15(20)11-17-10-13-6-4-8-18-16(13)21-2/h3-9,17H,10-11H2,1-2H3,(H,19,20). The number of amides is 1. The van der Waals surface area contributed by atoms with Crippen LogP contribution in [0.5, 0.6) is 5.88 Å². The van der Waals surface area contributed by atoms with Gasteiger partial charge in [0.2, 0.25) is 11.8 Å². The van der Waals surface area contributed by atoms with Crippen molar-refractivity contribution in [3.8, 4) is 5.88 Å². The lowest BCUT2D eigenvalue weighted by atomic mass is 10.2. The Kier molecular flexibility index (Phi) is 5.29. The van der Waals surface area contributed by atoms with Gasteiger partial charge in [0, 0.05) is 24.0 Å². The molecule has 0 aliphatic rings. The lowest BCUT2D eigenvalue weighted by molar-refractivity contribution is -0.115. The van der Waals surface area contributed by atoms with Crippen molar-refractivity contribution in [2.24, 2.45) is 0 Å². The molecule has 2 N–H and O–H groups in total. The van der Waals surface area contributed by atoms with E-state index in [0.29, 0.717) is 12.4 Å². The van der Waals surface area contributed by atoms with Crippen LogP contribution in [-0.4, -0.2) is 24.5 Å². The average Bonchev–Trinajstić information content (AvgIpc) is 2.47. The van der Waals surface area contributed by atoms with Crippen LogP contribution in [0.1, 0.15) is 11.1 Å². The Bertz CT molecular complexity index is 614. The lowest BCUT2D eigenvalue weighted by Crippen LogP contribution is -2.27. The number of carbonyl (C=O) groups excluding carboxylic acids is 1. The predicted molar refractivity (Wildman–Crippen MR) is 82.3 cm³/mol. The van der Waals surface area contributed by atoms with E-state index in [1.807, 2.05) is 43.3 Å². The van der Waals surface area contributed by atoms with Crippen molar-refractivity contribution in [2.45, 2.75) is 13.5 Å². The summed E-state index contributed by atoms with van der Waals surface area (Å²) in [5, 5.41) is 5.93. The van der Waals surface area contributed by atoms with E-state index >= 15 is 0 Å². The first-order valence-electron chi connectivity index (χ1n) is 6.74. The molecule has 2 rings (SSSR count). The number of methoxy groups -OCH3 is 1. The summed E-state index contributed by atoms with van der Waals surface area (Å²) in [6.45, 7) is 2.74. The molecular weight excluding hydrogens is 266 g/mol. The molecule has 0 atom stereocenters. The van der Waals surface area contributed by atoms with E-state index in [0.717, 1.165) is 16.8 Å². The molecule has 0 fully saturated rings. The molecule has 0 radical (unpaired) electrons. The zero-order chi connectivity index (χ0) is 15.1. The Morgan fingerprint density at radius 3 is 2.90 bits per heavy atom. The normalized spacial score (nSPS) is 10.2. The highest BCUT2D eigenvalue weighted by molar-refractivity contribution is 5.92. The van der Waals surface area contributed by atoms with Crippen molar-refractivity contribution in [2.75, 3.05) is 19.0 Å². The van der Waals surface area contributed by atoms with Gasteiger partial charge in [-0.1, -0.05) is 18.2 Å². The Morgan fingerprint density at radius 2 is 2.14 bits per heavy atom. The summed E-state index contributed by atoms with van der Waals surface area (Å²) < 4.78 is 5.16. The van der Waals surface area contributed by atoms with Crippen LogP contribution < -0.4 is 15.4 Å². The van der Waals surface area contributed by atoms with E-state index in [1.165, 1.54) is 0 Å². The molecule has 1 amide bonds. The molecule has 0 spiro atoms. The fraction of sp³-hybridized carbons (Fsp3) is 0.250. The summed E-state index contributed by atoms with van der Waals surface area (Å²) in [5.74, 6) is 0.493. The van der Waals surface area contributed by atoms with Crippen molar-refractivity contribution in [1.82, 2.24) is 10.3 Å². The lowest BCUT2D eigenvalue weighted by Gasteiger charge is -2.09. The molecule has 110 valence electrons. The molecule has 0 aliphatic heterocycles. The van der Waals surface area contributed by atoms with Gasteiger partial charge in [0.05, 0.1) is 13.7 Å². The largest absolute Gasteiger partial charge is 0.481 e. The number of aryl methyl sites for hydroxylation is 1. The zero-order valence-electron chi connectivity index (χ0n) is 12.2. The molecule has 1 aromatic heterocycles. The van der Waals surface area contributed by atoms with Gasteiger partial charge in [-0.25, -0.2) is 4.98 Å². The van der Waals surface area contributed by atoms with Gasteiger partial charge in [-0.3, -0.25) is 4.79 Å². The van der Waals surface area contributed by atoms with Crippen LogP contribution in [0, 0.1) is 6.92 Å². The van der Waals surface area contributed by atoms with Gasteiger partial charge in [-0.05, 0) is 30.7 Å². The third kappa shape index (κ3) is 4.57. The van der Waals surface area contributed by atoms with Crippen molar-refractivity contribution < 1.29 is 9.53 Å². The molecule has 5 heteroatoms. The fourth-order valence-corrected chi connectivity index (χ4v) is 1.98. The van der Waals surface area contributed by atoms with E-state index in [-0.39, 0.29) is 12.5 Å². The van der Waals surface area contributed by atoms with E-state index in [2.05, 4.69) is 15.6 Å². The second-order valence-corrected chi connectivity index (χ2v) is 4.69. The summed E-state index contributed by atoms with van der Waals surface area (Å²) in [6.07, 6.45) is 1.67. The molecule has 0 aliphatic carbocycles. The number of benzene rings is 1. The predicted octanol–water partition coefficient (Wildman–Crippen LogP) is 2.13. The number of hydrogen-bond acceptors (Lipinski definition) is 4. The average molecular weight is 285 g/mol. The first kappa shape index (κ1) is 15.0. The molecule has 0 saturated heterocycles. The van der Waals surface area contributed by atoms with Crippen molar-refractivity contribution >= 4 is 11.6 Å². The number of carbonyl (C=O) groups is 1. The monoisotopic (exact) mass is 285 g/mol. The highest BCUT2D eigenvalue weighted by atomic mass is 16.5. The van der Waals surface area contributed by atoms with Crippen LogP contribution in [0.3, 0.4) is 0 Å². The highest BCUT2D eigenvalue weighted by Gasteiger charge is 2.05. The van der Waals surface area contributed by atoms with Gasteiger partial charge >= 0.3 is 0 Å². The molecule has 0 bridgehead atoms. The minimum absolute atomic E-state index is 0.0801. The SMILES string of the molecule is COc1ncccc1CNCC(=O)Nc1cccc(C)c1. The molecule has 1 aromatic carbocycles. The highest BCUT2D eigenvalue weighted by Crippen LogP contribution is 2.12. The maximum Gasteiger partial charge on any atom is 0.238 e. The summed E-state index contributed by atoms with van der Waals surface area (Å²) in [4.78, 5) is 16.0. The first-order chi connectivity index (χ1) is 10.2. The van der Waals surface area contributed by atoms with Gasteiger partial charge < -0.3 is 15.4 Å². The molecule has 5 nitrogen and oxygen atoms in total. The van der Waals surface area contributed by atoms with Crippen molar-refractivity contribution in [3.05, 3.63) is 53.7 Å². The maximum atomic E-state index is 11.8. The van der Waals surface area contributed by atoms with Gasteiger partial charge in [-0.2, -0.15) is 0 Å². The Labute approximate surface area is 124 Å². The third-order valence-electron chi connectivity index (χ3n) is 2.95. The van der Waals surface area contributed by atoms with Crippen LogP contribution in [0.25, 0.3) is 0 Å². The zero-order valence-corrected chi connectivity index (χ0v) is 12.2. The number of rotatable bonds is 6. The number of anilines is 1. The second kappa shape index (κ2) is 7.40. The first-order valence-corrected chi connectivity index (χ1v) is 6.74. The summed E-state index contributed by atoms with van der Waals surface area (Å²) in [6, 6.07) is 11.5. The Hall–Kier alpha value is -2.40. The Balaban J connectivity index is 1.82. The number of ether oxygens (including phenoxy) is 1. The molecule has 0 unspecified atom stereocenters. The van der Waals surface area contributed by atoms with E-state index in [4.69, 9.17) is 4.74 Å². The van der Waals surface area contributed by atoms with Crippen LogP contribution in [0.4, 0.5) is 5.69 Å². The van der Waals surface area contributed by atoms with Crippen LogP contribution in [0.15, 0.2) is 42.6 Å². The van der Waals surface area contributed by atoms with Crippen LogP contribution in [0.2, 0.25) is 0 Å². The van der Waals surface area contributed by atoms with E-state index in [1.54, 1.807) is 13.3 Å². The number of nitrogens with zero attached hydrogens (tertiary/aromatic N) is 1. The van der Waals surface area contributed by atoms with Gasteiger partial charge in [0.1, 0.15) is 0 Å². The van der Waals surface area contributed by atoms with Crippen molar-refractivity contribution in [1.29, 1.82) is 0 Å². The van der Waals surface area contributed by atoms with Crippen LogP contribution in [-0.2, 0) is 11.3 Å². The molecule has 21 heavy (non-hydrogen) atoms. The van der Waals surface area contributed by atoms with Crippen LogP contribution >= 0.6 is 0 Å². The minimum Gasteiger partial charge on any atom is -0.481 e. The summed E-state index contributed by atoms with van der Waals surface area (Å²) in [7, 11) is 1.58.